The standard InChI is InChI=1S/C22H17NO4/c1-14(24)23-17-6-4-7-18(12-17)26-13-16-11-21(25)27-22-19-8-3-2-5-15(19)9-10-20(16)22/h2-12H,13H2,1H3,(H,23,24). The third-order valence-corrected chi connectivity index (χ3v) is 4.27. The van der Waals surface area contributed by atoms with Gasteiger partial charge in [0.05, 0.1) is 0 Å². The number of anilines is 1. The summed E-state index contributed by atoms with van der Waals surface area (Å²) in [6.45, 7) is 1.66. The SMILES string of the molecule is CC(=O)Nc1cccc(OCc2cc(=O)oc3c2ccc2ccccc23)c1. The summed E-state index contributed by atoms with van der Waals surface area (Å²) in [5.41, 5.74) is 1.55. The van der Waals surface area contributed by atoms with Gasteiger partial charge < -0.3 is 14.5 Å². The van der Waals surface area contributed by atoms with Gasteiger partial charge in [0, 0.05) is 41.1 Å². The normalized spacial score (nSPS) is 10.9. The number of fused-ring (bicyclic) bond motifs is 3. The van der Waals surface area contributed by atoms with Crippen molar-refractivity contribution < 1.29 is 13.9 Å². The summed E-state index contributed by atoms with van der Waals surface area (Å²) in [6, 6.07) is 20.3. The number of nitrogens with one attached hydrogen (secondary N) is 1. The molecule has 0 unspecified atom stereocenters. The van der Waals surface area contributed by atoms with Gasteiger partial charge in [-0.25, -0.2) is 4.79 Å². The third kappa shape index (κ3) is 3.53. The summed E-state index contributed by atoms with van der Waals surface area (Å²) in [4.78, 5) is 23.3. The zero-order valence-corrected chi connectivity index (χ0v) is 14.7. The maximum absolute atomic E-state index is 12.1. The van der Waals surface area contributed by atoms with Crippen molar-refractivity contribution in [3.8, 4) is 5.75 Å². The van der Waals surface area contributed by atoms with Gasteiger partial charge in [0.15, 0.2) is 0 Å². The van der Waals surface area contributed by atoms with Gasteiger partial charge in [-0.2, -0.15) is 0 Å². The molecular formula is C22H17NO4. The van der Waals surface area contributed by atoms with Crippen LogP contribution in [0.25, 0.3) is 21.7 Å². The van der Waals surface area contributed by atoms with Crippen LogP contribution in [0.3, 0.4) is 0 Å². The molecule has 4 aromatic rings. The van der Waals surface area contributed by atoms with E-state index in [1.54, 1.807) is 24.3 Å². The van der Waals surface area contributed by atoms with Gasteiger partial charge in [0.25, 0.3) is 0 Å². The van der Waals surface area contributed by atoms with Crippen molar-refractivity contribution in [2.75, 3.05) is 5.32 Å². The summed E-state index contributed by atoms with van der Waals surface area (Å²) in [5.74, 6) is 0.453. The van der Waals surface area contributed by atoms with Gasteiger partial charge >= 0.3 is 5.63 Å². The number of amides is 1. The molecule has 0 radical (unpaired) electrons. The van der Waals surface area contributed by atoms with E-state index in [2.05, 4.69) is 5.32 Å². The van der Waals surface area contributed by atoms with Crippen LogP contribution in [0.2, 0.25) is 0 Å². The largest absolute Gasteiger partial charge is 0.489 e. The van der Waals surface area contributed by atoms with Crippen molar-refractivity contribution in [1.29, 1.82) is 0 Å². The fourth-order valence-corrected chi connectivity index (χ4v) is 3.10. The van der Waals surface area contributed by atoms with Crippen LogP contribution < -0.4 is 15.7 Å². The molecule has 1 heterocycles. The topological polar surface area (TPSA) is 68.5 Å². The van der Waals surface area contributed by atoms with Crippen LogP contribution in [-0.4, -0.2) is 5.91 Å². The van der Waals surface area contributed by atoms with E-state index in [0.717, 1.165) is 21.7 Å². The molecule has 1 aromatic heterocycles. The molecule has 27 heavy (non-hydrogen) atoms. The van der Waals surface area contributed by atoms with Crippen molar-refractivity contribution in [1.82, 2.24) is 0 Å². The zero-order chi connectivity index (χ0) is 18.8. The maximum atomic E-state index is 12.1. The van der Waals surface area contributed by atoms with Crippen LogP contribution >= 0.6 is 0 Å². The first kappa shape index (κ1) is 16.8. The number of benzene rings is 3. The quantitative estimate of drug-likeness (QED) is 0.431. The van der Waals surface area contributed by atoms with Gasteiger partial charge in [0.1, 0.15) is 17.9 Å². The molecule has 4 rings (SSSR count). The van der Waals surface area contributed by atoms with Gasteiger partial charge in [-0.05, 0) is 17.5 Å². The average Bonchev–Trinajstić information content (AvgIpc) is 2.65. The van der Waals surface area contributed by atoms with Crippen molar-refractivity contribution in [2.24, 2.45) is 0 Å². The van der Waals surface area contributed by atoms with Crippen LogP contribution in [0.15, 0.2) is 75.9 Å². The first-order valence-corrected chi connectivity index (χ1v) is 8.55. The lowest BCUT2D eigenvalue weighted by molar-refractivity contribution is -0.114. The Bertz CT molecular complexity index is 1210. The average molecular weight is 359 g/mol. The van der Waals surface area contributed by atoms with Crippen LogP contribution in [0, 0.1) is 0 Å². The first-order chi connectivity index (χ1) is 13.1. The molecule has 0 fully saturated rings. The van der Waals surface area contributed by atoms with Gasteiger partial charge in [-0.3, -0.25) is 4.79 Å². The second-order valence-corrected chi connectivity index (χ2v) is 6.25. The highest BCUT2D eigenvalue weighted by Crippen LogP contribution is 2.27. The van der Waals surface area contributed by atoms with E-state index in [9.17, 15) is 9.59 Å². The summed E-state index contributed by atoms with van der Waals surface area (Å²) >= 11 is 0. The zero-order valence-electron chi connectivity index (χ0n) is 14.7. The fraction of sp³-hybridized carbons (Fsp3) is 0.0909. The van der Waals surface area contributed by atoms with Crippen molar-refractivity contribution in [3.63, 3.8) is 0 Å². The summed E-state index contributed by atoms with van der Waals surface area (Å²) in [6.07, 6.45) is 0. The Kier molecular flexibility index (Phi) is 4.34. The second-order valence-electron chi connectivity index (χ2n) is 6.25. The van der Waals surface area contributed by atoms with E-state index in [0.29, 0.717) is 17.0 Å². The number of carbonyl (C=O) groups excluding carboxylic acids is 1. The van der Waals surface area contributed by atoms with Crippen molar-refractivity contribution >= 4 is 33.3 Å². The molecule has 1 amide bonds. The Balaban J connectivity index is 1.69. The minimum Gasteiger partial charge on any atom is -0.489 e. The number of hydrogen-bond donors (Lipinski definition) is 1. The van der Waals surface area contributed by atoms with Crippen molar-refractivity contribution in [3.05, 3.63) is 82.7 Å². The molecule has 0 saturated heterocycles. The van der Waals surface area contributed by atoms with Crippen molar-refractivity contribution in [2.45, 2.75) is 13.5 Å². The molecule has 0 aliphatic heterocycles. The lowest BCUT2D eigenvalue weighted by atomic mass is 10.0. The predicted octanol–water partition coefficient (Wildman–Crippen LogP) is 4.48. The summed E-state index contributed by atoms with van der Waals surface area (Å²) in [7, 11) is 0. The van der Waals surface area contributed by atoms with Crippen LogP contribution in [0.1, 0.15) is 12.5 Å². The maximum Gasteiger partial charge on any atom is 0.336 e. The number of carbonyl (C=O) groups is 1. The number of ether oxygens (including phenoxy) is 1. The lowest BCUT2D eigenvalue weighted by Gasteiger charge is -2.11. The van der Waals surface area contributed by atoms with Gasteiger partial charge in [0.2, 0.25) is 5.91 Å². The molecule has 0 aliphatic rings. The molecule has 1 N–H and O–H groups in total. The van der Waals surface area contributed by atoms with E-state index >= 15 is 0 Å². The molecule has 5 nitrogen and oxygen atoms in total. The van der Waals surface area contributed by atoms with Crippen LogP contribution in [0.4, 0.5) is 5.69 Å². The third-order valence-electron chi connectivity index (χ3n) is 4.27. The number of rotatable bonds is 4. The minimum absolute atomic E-state index is 0.148. The Morgan fingerprint density at radius 1 is 1.00 bits per heavy atom. The van der Waals surface area contributed by atoms with Crippen LogP contribution in [0.5, 0.6) is 5.75 Å². The molecule has 0 saturated carbocycles. The number of hydrogen-bond acceptors (Lipinski definition) is 4. The van der Waals surface area contributed by atoms with E-state index in [-0.39, 0.29) is 12.5 Å². The Labute approximate surface area is 155 Å². The second kappa shape index (κ2) is 6.96. The molecule has 3 aromatic carbocycles. The summed E-state index contributed by atoms with van der Waals surface area (Å²) in [5, 5.41) is 5.46. The van der Waals surface area contributed by atoms with Gasteiger partial charge in [-0.15, -0.1) is 0 Å². The molecule has 0 aliphatic carbocycles. The first-order valence-electron chi connectivity index (χ1n) is 8.55. The van der Waals surface area contributed by atoms with E-state index in [1.807, 2.05) is 36.4 Å². The fourth-order valence-electron chi connectivity index (χ4n) is 3.10. The smallest absolute Gasteiger partial charge is 0.336 e. The monoisotopic (exact) mass is 359 g/mol. The molecule has 0 spiro atoms. The van der Waals surface area contributed by atoms with E-state index in [1.165, 1.54) is 13.0 Å². The lowest BCUT2D eigenvalue weighted by Crippen LogP contribution is -2.06. The van der Waals surface area contributed by atoms with E-state index in [4.69, 9.17) is 9.15 Å². The predicted molar refractivity (Wildman–Crippen MR) is 105 cm³/mol. The van der Waals surface area contributed by atoms with Crippen LogP contribution in [-0.2, 0) is 11.4 Å². The molecule has 0 atom stereocenters. The summed E-state index contributed by atoms with van der Waals surface area (Å²) < 4.78 is 11.3. The Hall–Kier alpha value is -3.60. The molecular weight excluding hydrogens is 342 g/mol. The van der Waals surface area contributed by atoms with Gasteiger partial charge in [-0.1, -0.05) is 42.5 Å². The Morgan fingerprint density at radius 2 is 1.85 bits per heavy atom. The molecule has 134 valence electrons. The Morgan fingerprint density at radius 3 is 2.70 bits per heavy atom. The molecule has 5 heteroatoms. The highest BCUT2D eigenvalue weighted by atomic mass is 16.5. The highest BCUT2D eigenvalue weighted by molar-refractivity contribution is 6.04. The van der Waals surface area contributed by atoms with E-state index < -0.39 is 5.63 Å². The highest BCUT2D eigenvalue weighted by Gasteiger charge is 2.10. The minimum atomic E-state index is -0.413. The molecule has 0 bridgehead atoms.